The number of rotatable bonds is 17. The molecule has 0 aliphatic heterocycles. The van der Waals surface area contributed by atoms with Gasteiger partial charge < -0.3 is 30.2 Å². The Kier molecular flexibility index (Phi) is 16.6. The van der Waals surface area contributed by atoms with E-state index in [1.807, 2.05) is 26.8 Å². The molecule has 8 nitrogen and oxygen atoms in total. The number of benzene rings is 1. The molecule has 0 saturated carbocycles. The second-order valence-corrected chi connectivity index (χ2v) is 14.2. The maximum absolute atomic E-state index is 12.5. The van der Waals surface area contributed by atoms with Gasteiger partial charge in [0, 0.05) is 35.4 Å². The monoisotopic (exact) mass is 581 g/mol. The van der Waals surface area contributed by atoms with Crippen molar-refractivity contribution in [1.82, 2.24) is 16.0 Å². The van der Waals surface area contributed by atoms with E-state index in [2.05, 4.69) is 62.4 Å². The average molecular weight is 582 g/mol. The van der Waals surface area contributed by atoms with Crippen molar-refractivity contribution in [2.75, 3.05) is 46.1 Å². The van der Waals surface area contributed by atoms with Gasteiger partial charge in [0.2, 0.25) is 5.91 Å². The lowest BCUT2D eigenvalue weighted by molar-refractivity contribution is -0.126. The number of nitrogens with one attached hydrogen (secondary N) is 3. The molecule has 0 bridgehead atoms. The number of ether oxygens (including phenoxy) is 3. The van der Waals surface area contributed by atoms with Crippen LogP contribution < -0.4 is 20.7 Å². The Morgan fingerprint density at radius 1 is 1.00 bits per heavy atom. The molecule has 1 atom stereocenters. The predicted molar refractivity (Wildman–Crippen MR) is 163 cm³/mol. The molecule has 2 amide bonds. The van der Waals surface area contributed by atoms with Gasteiger partial charge in [-0.05, 0) is 25.1 Å². The maximum atomic E-state index is 12.5. The fourth-order valence-electron chi connectivity index (χ4n) is 2.81. The van der Waals surface area contributed by atoms with Gasteiger partial charge in [0.1, 0.15) is 19.0 Å². The van der Waals surface area contributed by atoms with E-state index in [9.17, 15) is 9.59 Å². The zero-order chi connectivity index (χ0) is 29.3. The first kappa shape index (κ1) is 35.1. The molecule has 0 aliphatic carbocycles. The van der Waals surface area contributed by atoms with Crippen LogP contribution in [0.3, 0.4) is 0 Å². The summed E-state index contributed by atoms with van der Waals surface area (Å²) < 4.78 is 17.7. The first-order valence-electron chi connectivity index (χ1n) is 13.4. The smallest absolute Gasteiger partial charge is 0.251 e. The van der Waals surface area contributed by atoms with Crippen LogP contribution in [0.4, 0.5) is 0 Å². The normalized spacial score (nSPS) is 13.0. The minimum Gasteiger partial charge on any atom is -0.490 e. The summed E-state index contributed by atoms with van der Waals surface area (Å²) in [6.45, 7) is 18.8. The lowest BCUT2D eigenvalue weighted by Crippen LogP contribution is -2.35. The van der Waals surface area contributed by atoms with E-state index in [0.717, 1.165) is 0 Å². The summed E-state index contributed by atoms with van der Waals surface area (Å²) in [5, 5.41) is 8.91. The van der Waals surface area contributed by atoms with Gasteiger partial charge in [0.25, 0.3) is 5.91 Å². The van der Waals surface area contributed by atoms with Crippen LogP contribution in [-0.4, -0.2) is 73.6 Å². The molecule has 0 spiro atoms. The van der Waals surface area contributed by atoms with Crippen LogP contribution in [0.2, 0.25) is 0 Å². The second-order valence-electron chi connectivity index (χ2n) is 10.7. The van der Waals surface area contributed by atoms with Gasteiger partial charge in [-0.2, -0.15) is 0 Å². The number of carbonyl (C=O) groups is 2. The van der Waals surface area contributed by atoms with Crippen molar-refractivity contribution in [2.45, 2.75) is 71.1 Å². The van der Waals surface area contributed by atoms with Crippen molar-refractivity contribution in [3.05, 3.63) is 29.8 Å². The Bertz CT molecular complexity index is 941. The Hall–Kier alpha value is -1.90. The fourth-order valence-corrected chi connectivity index (χ4v) is 5.05. The van der Waals surface area contributed by atoms with Crippen molar-refractivity contribution in [3.63, 3.8) is 0 Å². The van der Waals surface area contributed by atoms with Crippen molar-refractivity contribution >= 4 is 33.4 Å². The maximum Gasteiger partial charge on any atom is 0.251 e. The molecule has 0 fully saturated rings. The van der Waals surface area contributed by atoms with Gasteiger partial charge in [0.05, 0.1) is 19.8 Å². The number of carbonyl (C=O) groups excluding carboxylic acids is 2. The van der Waals surface area contributed by atoms with E-state index in [1.165, 1.54) is 0 Å². The summed E-state index contributed by atoms with van der Waals surface area (Å²) >= 11 is 0. The highest BCUT2D eigenvalue weighted by atomic mass is 33.1. The number of amides is 2. The molecular formula is C29H47N3O5S2. The van der Waals surface area contributed by atoms with Gasteiger partial charge in [0.15, 0.2) is 4.93 Å². The fraction of sp³-hybridized carbons (Fsp3) is 0.655. The standard InChI is InChI=1S/C29H47N3O5S2/c1-22(2)11-10-14-31-26(33)20-35-17-18-37-29(8,39-38-28(5,6)7)21-36-25-13-9-12-24(19-25)27(34)32-16-15-30-23(3)4/h9,12-13,19,22-23,30H,14-18,20-21H2,1-8H3,(H,31,33)(H,32,34)/t29-/m1/s1. The molecule has 0 radical (unpaired) electrons. The quantitative estimate of drug-likeness (QED) is 0.107. The Labute approximate surface area is 243 Å². The molecule has 39 heavy (non-hydrogen) atoms. The van der Waals surface area contributed by atoms with Gasteiger partial charge in [-0.15, -0.1) is 0 Å². The van der Waals surface area contributed by atoms with Crippen molar-refractivity contribution < 1.29 is 23.8 Å². The first-order valence-corrected chi connectivity index (χ1v) is 15.5. The summed E-state index contributed by atoms with van der Waals surface area (Å²) in [5.41, 5.74) is 0.540. The summed E-state index contributed by atoms with van der Waals surface area (Å²) in [6.07, 6.45) is 0. The first-order chi connectivity index (χ1) is 18.3. The Balaban J connectivity index is 2.60. The molecular weight excluding hydrogens is 534 g/mol. The molecule has 0 unspecified atom stereocenters. The van der Waals surface area contributed by atoms with E-state index in [4.69, 9.17) is 14.2 Å². The number of hydrogen-bond donors (Lipinski definition) is 3. The molecule has 3 N–H and O–H groups in total. The van der Waals surface area contributed by atoms with Crippen LogP contribution in [0.15, 0.2) is 24.3 Å². The van der Waals surface area contributed by atoms with Crippen molar-refractivity contribution in [3.8, 4) is 17.6 Å². The van der Waals surface area contributed by atoms with Crippen molar-refractivity contribution in [1.29, 1.82) is 0 Å². The van der Waals surface area contributed by atoms with Crippen LogP contribution in [0.1, 0.15) is 65.7 Å². The summed E-state index contributed by atoms with van der Waals surface area (Å²) in [5.74, 6) is 6.42. The predicted octanol–water partition coefficient (Wildman–Crippen LogP) is 4.50. The highest BCUT2D eigenvalue weighted by Crippen LogP contribution is 2.44. The van der Waals surface area contributed by atoms with Gasteiger partial charge in [-0.25, -0.2) is 0 Å². The molecule has 0 saturated heterocycles. The molecule has 0 heterocycles. The van der Waals surface area contributed by atoms with Crippen molar-refractivity contribution in [2.24, 2.45) is 5.92 Å². The van der Waals surface area contributed by atoms with Crippen LogP contribution >= 0.6 is 21.6 Å². The minimum absolute atomic E-state index is 0.0186. The zero-order valence-corrected chi connectivity index (χ0v) is 26.4. The lowest BCUT2D eigenvalue weighted by atomic mass is 10.2. The van der Waals surface area contributed by atoms with Crippen LogP contribution in [-0.2, 0) is 14.3 Å². The highest BCUT2D eigenvalue weighted by Gasteiger charge is 2.30. The lowest BCUT2D eigenvalue weighted by Gasteiger charge is -2.31. The van der Waals surface area contributed by atoms with Crippen LogP contribution in [0, 0.1) is 17.8 Å². The Morgan fingerprint density at radius 2 is 1.74 bits per heavy atom. The van der Waals surface area contributed by atoms with Crippen LogP contribution in [0.5, 0.6) is 5.75 Å². The molecule has 220 valence electrons. The van der Waals surface area contributed by atoms with E-state index < -0.39 is 4.93 Å². The SMILES string of the molecule is CC(C)C#CCNC(=O)COCCO[C@@](C)(COc1cccc(C(=O)NCCNC(C)C)c1)SSC(C)(C)C. The Morgan fingerprint density at radius 3 is 2.41 bits per heavy atom. The molecule has 0 aromatic heterocycles. The third kappa shape index (κ3) is 18.1. The van der Waals surface area contributed by atoms with E-state index in [-0.39, 0.29) is 42.3 Å². The van der Waals surface area contributed by atoms with E-state index in [0.29, 0.717) is 43.6 Å². The number of hydrogen-bond acceptors (Lipinski definition) is 8. The molecule has 10 heteroatoms. The largest absolute Gasteiger partial charge is 0.490 e. The molecule has 0 aliphatic rings. The second kappa shape index (κ2) is 18.4. The summed E-state index contributed by atoms with van der Waals surface area (Å²) in [6, 6.07) is 7.50. The molecule has 1 aromatic carbocycles. The third-order valence-electron chi connectivity index (χ3n) is 4.66. The topological polar surface area (TPSA) is 97.9 Å². The van der Waals surface area contributed by atoms with Gasteiger partial charge >= 0.3 is 0 Å². The van der Waals surface area contributed by atoms with Crippen LogP contribution in [0.25, 0.3) is 0 Å². The van der Waals surface area contributed by atoms with E-state index in [1.54, 1.807) is 39.8 Å². The molecule has 1 aromatic rings. The third-order valence-corrected chi connectivity index (χ3v) is 8.64. The minimum atomic E-state index is -0.684. The zero-order valence-electron chi connectivity index (χ0n) is 24.8. The van der Waals surface area contributed by atoms with Gasteiger partial charge in [-0.1, -0.05) is 88.0 Å². The highest BCUT2D eigenvalue weighted by molar-refractivity contribution is 8.77. The summed E-state index contributed by atoms with van der Waals surface area (Å²) in [7, 11) is 3.29. The van der Waals surface area contributed by atoms with Gasteiger partial charge in [-0.3, -0.25) is 9.59 Å². The summed E-state index contributed by atoms with van der Waals surface area (Å²) in [4.78, 5) is 23.7. The average Bonchev–Trinajstić information content (AvgIpc) is 2.86. The van der Waals surface area contributed by atoms with E-state index >= 15 is 0 Å². The molecule has 1 rings (SSSR count).